The van der Waals surface area contributed by atoms with Crippen molar-refractivity contribution < 1.29 is 28.1 Å². The van der Waals surface area contributed by atoms with E-state index in [4.69, 9.17) is 13.0 Å². The van der Waals surface area contributed by atoms with Gasteiger partial charge in [-0.25, -0.2) is 0 Å². The predicted octanol–water partition coefficient (Wildman–Crippen LogP) is 1.22. The minimum atomic E-state index is -1.01. The molecule has 0 N–H and O–H groups in total. The molecule has 0 bridgehead atoms. The molecule has 0 saturated heterocycles. The molecule has 0 heterocycles. The van der Waals surface area contributed by atoms with Gasteiger partial charge >= 0.3 is 54.0 Å². The fourth-order valence-corrected chi connectivity index (χ4v) is 1.66. The van der Waals surface area contributed by atoms with E-state index >= 15 is 0 Å². The molecule has 0 spiro atoms. The molecule has 1 atom stereocenters. The summed E-state index contributed by atoms with van der Waals surface area (Å²) in [5, 5.41) is 0. The molecule has 0 aromatic rings. The molecule has 0 rings (SSSR count). The maximum absolute atomic E-state index is 5.55. The fraction of sp³-hybridized carbons (Fsp3) is 1.00. The first-order valence-corrected chi connectivity index (χ1v) is 11.8. The average molecular weight is 295 g/mol. The first-order chi connectivity index (χ1) is 2.81. The number of hydrogen-bond acceptors (Lipinski definition) is 1. The van der Waals surface area contributed by atoms with Crippen LogP contribution in [0.3, 0.4) is 0 Å². The van der Waals surface area contributed by atoms with Crippen molar-refractivity contribution in [2.24, 2.45) is 0 Å². The van der Waals surface area contributed by atoms with Crippen molar-refractivity contribution in [1.82, 2.24) is 0 Å². The Morgan fingerprint density at radius 2 is 2.33 bits per heavy atom. The molecule has 0 fully saturated rings. The zero-order valence-electron chi connectivity index (χ0n) is 4.07. The van der Waals surface area contributed by atoms with Crippen molar-refractivity contribution in [3.8, 4) is 0 Å². The van der Waals surface area contributed by atoms with Gasteiger partial charge in [-0.15, -0.1) is 0 Å². The molecule has 0 amide bonds. The third kappa shape index (κ3) is 3.38. The van der Waals surface area contributed by atoms with Gasteiger partial charge in [0.15, 0.2) is 0 Å². The Kier molecular flexibility index (Phi) is 5.21. The van der Waals surface area contributed by atoms with Gasteiger partial charge in [-0.3, -0.25) is 0 Å². The summed E-state index contributed by atoms with van der Waals surface area (Å²) in [6.07, 6.45) is 0. The van der Waals surface area contributed by atoms with Crippen molar-refractivity contribution in [3.05, 3.63) is 0 Å². The molecule has 34 valence electrons. The van der Waals surface area contributed by atoms with Gasteiger partial charge < -0.3 is 0 Å². The second-order valence-corrected chi connectivity index (χ2v) is 9.58. The molecule has 0 aliphatic heterocycles. The quantitative estimate of drug-likeness (QED) is 0.696. The second kappa shape index (κ2) is 4.35. The molecule has 0 aliphatic rings. The third-order valence-corrected chi connectivity index (χ3v) is 7.42. The standard InChI is InChI=1S/C3H7O.ClH.Hg/c1-3-4-2;;/h3H,1-2H3;1H;/q;;+1/p-1. The van der Waals surface area contributed by atoms with Crippen molar-refractivity contribution in [2.45, 2.75) is 10.5 Å². The van der Waals surface area contributed by atoms with Gasteiger partial charge in [0, 0.05) is 0 Å². The van der Waals surface area contributed by atoms with Gasteiger partial charge in [-0.2, -0.15) is 0 Å². The molecule has 0 aliphatic carbocycles. The van der Waals surface area contributed by atoms with Crippen LogP contribution in [0, 0.1) is 0 Å². The van der Waals surface area contributed by atoms with Crippen LogP contribution in [0.25, 0.3) is 0 Å². The molecule has 1 unspecified atom stereocenters. The average Bonchev–Trinajstić information content (AvgIpc) is 1.65. The van der Waals surface area contributed by atoms with E-state index in [1.165, 1.54) is 0 Å². The minimum absolute atomic E-state index is 0.423. The van der Waals surface area contributed by atoms with Crippen molar-refractivity contribution in [2.75, 3.05) is 7.11 Å². The summed E-state index contributed by atoms with van der Waals surface area (Å²) in [7, 11) is 7.25. The zero-order valence-corrected chi connectivity index (χ0v) is 10.3. The fourth-order valence-electron chi connectivity index (χ4n) is 0.0630. The molecule has 1 nitrogen and oxygen atoms in total. The van der Waals surface area contributed by atoms with E-state index in [2.05, 4.69) is 0 Å². The molecule has 0 radical (unpaired) electrons. The van der Waals surface area contributed by atoms with Crippen LogP contribution in [0.5, 0.6) is 0 Å². The van der Waals surface area contributed by atoms with E-state index in [0.29, 0.717) is 3.61 Å². The van der Waals surface area contributed by atoms with Crippen LogP contribution in [0.4, 0.5) is 0 Å². The summed E-state index contributed by atoms with van der Waals surface area (Å²) >= 11 is -1.01. The number of hydrogen-bond donors (Lipinski definition) is 0. The first-order valence-electron chi connectivity index (χ1n) is 1.90. The predicted molar refractivity (Wildman–Crippen MR) is 22.3 cm³/mol. The van der Waals surface area contributed by atoms with Gasteiger partial charge in [-0.1, -0.05) is 0 Å². The molecule has 0 saturated carbocycles. The summed E-state index contributed by atoms with van der Waals surface area (Å²) < 4.78 is 5.29. The third-order valence-electron chi connectivity index (χ3n) is 0.620. The normalized spacial score (nSPS) is 13.2. The Morgan fingerprint density at radius 3 is 2.33 bits per heavy atom. The summed E-state index contributed by atoms with van der Waals surface area (Å²) in [5.74, 6) is 0. The van der Waals surface area contributed by atoms with Crippen LogP contribution in [0.2, 0.25) is 0 Å². The Labute approximate surface area is 53.9 Å². The van der Waals surface area contributed by atoms with Crippen LogP contribution < -0.4 is 0 Å². The van der Waals surface area contributed by atoms with E-state index in [0.717, 1.165) is 0 Å². The van der Waals surface area contributed by atoms with Gasteiger partial charge in [0.25, 0.3) is 0 Å². The van der Waals surface area contributed by atoms with Crippen molar-refractivity contribution >= 4 is 8.25 Å². The molecule has 3 heteroatoms. The Hall–Kier alpha value is 1.19. The van der Waals surface area contributed by atoms with E-state index in [1.54, 1.807) is 7.11 Å². The molecule has 6 heavy (non-hydrogen) atoms. The maximum atomic E-state index is 5.55. The number of halogens is 1. The Balaban J connectivity index is 2.75. The van der Waals surface area contributed by atoms with Crippen LogP contribution in [0.15, 0.2) is 0 Å². The van der Waals surface area contributed by atoms with Crippen molar-refractivity contribution in [1.29, 1.82) is 0 Å². The summed E-state index contributed by atoms with van der Waals surface area (Å²) in [6, 6.07) is 0. The second-order valence-electron chi connectivity index (χ2n) is 1.20. The van der Waals surface area contributed by atoms with E-state index in [-0.39, 0.29) is 0 Å². The van der Waals surface area contributed by atoms with Crippen LogP contribution >= 0.6 is 8.25 Å². The number of ether oxygens (including phenoxy) is 1. The van der Waals surface area contributed by atoms with E-state index in [9.17, 15) is 0 Å². The number of rotatable bonds is 2. The zero-order chi connectivity index (χ0) is 4.99. The molecular weight excluding hydrogens is 288 g/mol. The summed E-state index contributed by atoms with van der Waals surface area (Å²) in [5.41, 5.74) is 0. The van der Waals surface area contributed by atoms with Gasteiger partial charge in [0.05, 0.1) is 0 Å². The molecular formula is C3H7ClHgO. The summed E-state index contributed by atoms with van der Waals surface area (Å²) in [6.45, 7) is 2.02. The van der Waals surface area contributed by atoms with E-state index < -0.39 is 23.3 Å². The monoisotopic (exact) mass is 296 g/mol. The number of methoxy groups -OCH3 is 1. The first kappa shape index (κ1) is 7.19. The van der Waals surface area contributed by atoms with Gasteiger partial charge in [0.1, 0.15) is 0 Å². The van der Waals surface area contributed by atoms with Gasteiger partial charge in [-0.05, 0) is 0 Å². The SMILES string of the molecule is CO[CH](C)[Hg][Cl]. The van der Waals surface area contributed by atoms with Gasteiger partial charge in [0.2, 0.25) is 0 Å². The van der Waals surface area contributed by atoms with Crippen LogP contribution in [0.1, 0.15) is 6.92 Å². The van der Waals surface area contributed by atoms with Crippen LogP contribution in [-0.4, -0.2) is 10.7 Å². The van der Waals surface area contributed by atoms with E-state index in [1.807, 2.05) is 6.92 Å². The Morgan fingerprint density at radius 1 is 1.83 bits per heavy atom. The topological polar surface area (TPSA) is 9.23 Å². The van der Waals surface area contributed by atoms with Crippen molar-refractivity contribution in [3.63, 3.8) is 0 Å². The van der Waals surface area contributed by atoms with Crippen LogP contribution in [-0.2, 0) is 28.1 Å². The Bertz CT molecular complexity index is 30.0. The molecule has 0 aromatic carbocycles. The molecule has 0 aromatic heterocycles. The summed E-state index contributed by atoms with van der Waals surface area (Å²) in [4.78, 5) is 0.